The van der Waals surface area contributed by atoms with E-state index >= 15 is 0 Å². The number of hydrogen-bond acceptors (Lipinski definition) is 6. The van der Waals surface area contributed by atoms with Crippen LogP contribution < -0.4 is 19.7 Å². The van der Waals surface area contributed by atoms with Gasteiger partial charge in [0.15, 0.2) is 23.0 Å². The quantitative estimate of drug-likeness (QED) is 0.585. The highest BCUT2D eigenvalue weighted by Gasteiger charge is 2.16. The fourth-order valence-electron chi connectivity index (χ4n) is 3.28. The molecule has 0 unspecified atom stereocenters. The maximum absolute atomic E-state index is 5.50. The molecule has 0 aliphatic carbocycles. The van der Waals surface area contributed by atoms with Gasteiger partial charge < -0.3 is 19.7 Å². The summed E-state index contributed by atoms with van der Waals surface area (Å²) in [5.41, 5.74) is 4.79. The third-order valence-corrected chi connectivity index (χ3v) is 4.72. The van der Waals surface area contributed by atoms with E-state index in [1.165, 1.54) is 0 Å². The van der Waals surface area contributed by atoms with Gasteiger partial charge in [0.2, 0.25) is 6.79 Å². The van der Waals surface area contributed by atoms with Crippen molar-refractivity contribution in [2.75, 3.05) is 31.1 Å². The van der Waals surface area contributed by atoms with Gasteiger partial charge in [-0.3, -0.25) is 4.40 Å². The Morgan fingerprint density at radius 2 is 1.93 bits per heavy atom. The normalized spacial score (nSPS) is 12.4. The lowest BCUT2D eigenvalue weighted by Gasteiger charge is -2.14. The first-order chi connectivity index (χ1) is 13.7. The number of rotatable bonds is 4. The molecule has 0 spiro atoms. The molecule has 0 radical (unpaired) electrons. The number of anilines is 3. The molecule has 5 rings (SSSR count). The van der Waals surface area contributed by atoms with Crippen molar-refractivity contribution in [3.63, 3.8) is 0 Å². The van der Waals surface area contributed by atoms with Gasteiger partial charge in [0, 0.05) is 43.4 Å². The van der Waals surface area contributed by atoms with E-state index in [9.17, 15) is 0 Å². The van der Waals surface area contributed by atoms with Crippen LogP contribution in [0.2, 0.25) is 0 Å². The van der Waals surface area contributed by atoms with Gasteiger partial charge in [-0.15, -0.1) is 0 Å². The molecule has 4 aromatic rings. The number of fused-ring (bicyclic) bond motifs is 2. The Morgan fingerprint density at radius 1 is 1.04 bits per heavy atom. The minimum Gasteiger partial charge on any atom is -0.454 e. The zero-order valence-corrected chi connectivity index (χ0v) is 15.6. The number of nitrogens with zero attached hydrogens (tertiary/aromatic N) is 4. The number of imidazole rings is 1. The van der Waals surface area contributed by atoms with Crippen LogP contribution in [0.1, 0.15) is 0 Å². The first-order valence-electron chi connectivity index (χ1n) is 8.95. The fourth-order valence-corrected chi connectivity index (χ4v) is 3.28. The van der Waals surface area contributed by atoms with E-state index in [-0.39, 0.29) is 6.79 Å². The van der Waals surface area contributed by atoms with Gasteiger partial charge >= 0.3 is 0 Å². The first-order valence-corrected chi connectivity index (χ1v) is 8.95. The Hall–Kier alpha value is -3.74. The molecule has 1 N–H and O–H groups in total. The van der Waals surface area contributed by atoms with Crippen molar-refractivity contribution in [2.45, 2.75) is 0 Å². The van der Waals surface area contributed by atoms with Crippen molar-refractivity contribution < 1.29 is 9.47 Å². The van der Waals surface area contributed by atoms with Crippen molar-refractivity contribution in [1.29, 1.82) is 0 Å². The van der Waals surface area contributed by atoms with E-state index in [4.69, 9.17) is 9.47 Å². The zero-order valence-electron chi connectivity index (χ0n) is 15.6. The first kappa shape index (κ1) is 16.4. The van der Waals surface area contributed by atoms with Crippen LogP contribution in [0.25, 0.3) is 16.9 Å². The molecule has 0 saturated heterocycles. The summed E-state index contributed by atoms with van der Waals surface area (Å²) < 4.78 is 12.9. The highest BCUT2D eigenvalue weighted by atomic mass is 16.7. The number of aromatic nitrogens is 3. The number of hydrogen-bond donors (Lipinski definition) is 1. The SMILES string of the molecule is CN(C)c1cccc(Nc2nccn3c(-c4ccc5c(c4)OCO5)cnc23)c1. The van der Waals surface area contributed by atoms with Crippen LogP contribution in [0, 0.1) is 0 Å². The summed E-state index contributed by atoms with van der Waals surface area (Å²) in [4.78, 5) is 11.1. The maximum Gasteiger partial charge on any atom is 0.231 e. The van der Waals surface area contributed by atoms with Gasteiger partial charge in [0.1, 0.15) is 0 Å². The van der Waals surface area contributed by atoms with E-state index in [0.29, 0.717) is 5.82 Å². The molecule has 7 nitrogen and oxygen atoms in total. The molecule has 0 atom stereocenters. The largest absolute Gasteiger partial charge is 0.454 e. The van der Waals surface area contributed by atoms with E-state index in [0.717, 1.165) is 39.8 Å². The van der Waals surface area contributed by atoms with Gasteiger partial charge in [0.25, 0.3) is 0 Å². The van der Waals surface area contributed by atoms with E-state index in [1.807, 2.05) is 61.2 Å². The lowest BCUT2D eigenvalue weighted by Crippen LogP contribution is -2.08. The molecule has 28 heavy (non-hydrogen) atoms. The average Bonchev–Trinajstić information content (AvgIpc) is 3.35. The second-order valence-corrected chi connectivity index (χ2v) is 6.75. The second-order valence-electron chi connectivity index (χ2n) is 6.75. The van der Waals surface area contributed by atoms with E-state index in [1.54, 1.807) is 6.20 Å². The summed E-state index contributed by atoms with van der Waals surface area (Å²) in [5, 5.41) is 3.38. The number of nitrogens with one attached hydrogen (secondary N) is 1. The number of benzene rings is 2. The fraction of sp³-hybridized carbons (Fsp3) is 0.143. The molecule has 3 heterocycles. The molecule has 7 heteroatoms. The van der Waals surface area contributed by atoms with Gasteiger partial charge in [-0.05, 0) is 36.4 Å². The molecular formula is C21H19N5O2. The smallest absolute Gasteiger partial charge is 0.231 e. The summed E-state index contributed by atoms with van der Waals surface area (Å²) in [6, 6.07) is 14.1. The monoisotopic (exact) mass is 373 g/mol. The summed E-state index contributed by atoms with van der Waals surface area (Å²) in [5.74, 6) is 2.22. The Labute approximate surface area is 162 Å². The summed E-state index contributed by atoms with van der Waals surface area (Å²) >= 11 is 0. The van der Waals surface area contributed by atoms with Crippen LogP contribution in [0.15, 0.2) is 61.1 Å². The van der Waals surface area contributed by atoms with Crippen LogP contribution >= 0.6 is 0 Å². The lowest BCUT2D eigenvalue weighted by atomic mass is 10.1. The molecular weight excluding hydrogens is 354 g/mol. The Morgan fingerprint density at radius 3 is 2.82 bits per heavy atom. The van der Waals surface area contributed by atoms with Crippen molar-refractivity contribution in [3.8, 4) is 22.8 Å². The highest BCUT2D eigenvalue weighted by molar-refractivity contribution is 5.76. The van der Waals surface area contributed by atoms with Gasteiger partial charge in [-0.2, -0.15) is 0 Å². The molecule has 2 aromatic heterocycles. The molecule has 0 saturated carbocycles. The predicted octanol–water partition coefficient (Wildman–Crippen LogP) is 3.93. The van der Waals surface area contributed by atoms with Crippen LogP contribution in [0.4, 0.5) is 17.2 Å². The van der Waals surface area contributed by atoms with Crippen LogP contribution in [-0.4, -0.2) is 35.3 Å². The Balaban J connectivity index is 1.53. The van der Waals surface area contributed by atoms with Gasteiger partial charge in [-0.25, -0.2) is 9.97 Å². The van der Waals surface area contributed by atoms with E-state index in [2.05, 4.69) is 32.3 Å². The van der Waals surface area contributed by atoms with Crippen molar-refractivity contribution in [1.82, 2.24) is 14.4 Å². The molecule has 0 fully saturated rings. The molecule has 2 aromatic carbocycles. The Bertz CT molecular complexity index is 1170. The van der Waals surface area contributed by atoms with Crippen LogP contribution in [-0.2, 0) is 0 Å². The molecule has 1 aliphatic heterocycles. The minimum absolute atomic E-state index is 0.260. The van der Waals surface area contributed by atoms with Crippen molar-refractivity contribution in [2.24, 2.45) is 0 Å². The van der Waals surface area contributed by atoms with Crippen molar-refractivity contribution in [3.05, 3.63) is 61.1 Å². The average molecular weight is 373 g/mol. The number of ether oxygens (including phenoxy) is 2. The van der Waals surface area contributed by atoms with Gasteiger partial charge in [0.05, 0.1) is 11.9 Å². The summed E-state index contributed by atoms with van der Waals surface area (Å²) in [6.07, 6.45) is 5.52. The summed E-state index contributed by atoms with van der Waals surface area (Å²) in [7, 11) is 4.04. The molecule has 0 bridgehead atoms. The lowest BCUT2D eigenvalue weighted by molar-refractivity contribution is 0.174. The van der Waals surface area contributed by atoms with E-state index < -0.39 is 0 Å². The topological polar surface area (TPSA) is 63.9 Å². The third kappa shape index (κ3) is 2.77. The minimum atomic E-state index is 0.260. The molecule has 0 amide bonds. The van der Waals surface area contributed by atoms with Crippen LogP contribution in [0.5, 0.6) is 11.5 Å². The third-order valence-electron chi connectivity index (χ3n) is 4.72. The zero-order chi connectivity index (χ0) is 19.1. The second kappa shape index (κ2) is 6.45. The molecule has 1 aliphatic rings. The Kier molecular flexibility index (Phi) is 3.79. The summed E-state index contributed by atoms with van der Waals surface area (Å²) in [6.45, 7) is 0.260. The van der Waals surface area contributed by atoms with Crippen LogP contribution in [0.3, 0.4) is 0 Å². The van der Waals surface area contributed by atoms with Crippen molar-refractivity contribution >= 4 is 22.8 Å². The highest BCUT2D eigenvalue weighted by Crippen LogP contribution is 2.36. The maximum atomic E-state index is 5.50. The predicted molar refractivity (Wildman–Crippen MR) is 109 cm³/mol. The molecule has 140 valence electrons. The van der Waals surface area contributed by atoms with Gasteiger partial charge in [-0.1, -0.05) is 6.07 Å². The standard InChI is InChI=1S/C21H19N5O2/c1-25(2)16-5-3-4-15(11-16)24-20-21-23-12-17(26(21)9-8-22-20)14-6-7-18-19(10-14)28-13-27-18/h3-12H,13H2,1-2H3,(H,22,24).